The van der Waals surface area contributed by atoms with E-state index in [1.165, 1.54) is 39.8 Å². The van der Waals surface area contributed by atoms with Gasteiger partial charge >= 0.3 is 11.9 Å². The second-order valence-corrected chi connectivity index (χ2v) is 23.1. The molecule has 4 unspecified atom stereocenters. The molecule has 1 heterocycles. The Bertz CT molecular complexity index is 3010. The van der Waals surface area contributed by atoms with Gasteiger partial charge in [-0.1, -0.05) is 55.5 Å². The first-order valence-electron chi connectivity index (χ1n) is 26.6. The van der Waals surface area contributed by atoms with Crippen LogP contribution in [0.4, 0.5) is 22.7 Å². The van der Waals surface area contributed by atoms with Gasteiger partial charge in [0, 0.05) is 61.8 Å². The van der Waals surface area contributed by atoms with Gasteiger partial charge in [0.05, 0.1) is 69.4 Å². The lowest BCUT2D eigenvalue weighted by Gasteiger charge is -2.69. The first-order chi connectivity index (χ1) is 36.6. The van der Waals surface area contributed by atoms with Crippen molar-refractivity contribution in [2.75, 3.05) is 55.2 Å². The van der Waals surface area contributed by atoms with E-state index in [4.69, 9.17) is 18.9 Å². The number of methoxy groups -OCH3 is 2. The highest BCUT2D eigenvalue weighted by Crippen LogP contribution is 2.79. The van der Waals surface area contributed by atoms with Crippen molar-refractivity contribution >= 4 is 58.3 Å². The molecule has 77 heavy (non-hydrogen) atoms. The summed E-state index contributed by atoms with van der Waals surface area (Å²) >= 11 is 0. The predicted octanol–water partition coefficient (Wildman–Crippen LogP) is 6.53. The van der Waals surface area contributed by atoms with Crippen molar-refractivity contribution in [2.45, 2.75) is 108 Å². The fourth-order valence-electron chi connectivity index (χ4n) is 15.0. The number of hydrogen-bond donors (Lipinski definition) is 7. The van der Waals surface area contributed by atoms with Gasteiger partial charge in [-0.05, 0) is 120 Å². The van der Waals surface area contributed by atoms with Crippen LogP contribution < -0.4 is 21.3 Å². The third-order valence-electron chi connectivity index (χ3n) is 18.2. The maximum Gasteiger partial charge on any atom is 0.340 e. The number of anilines is 4. The molecule has 5 aliphatic carbocycles. The van der Waals surface area contributed by atoms with Crippen LogP contribution in [-0.4, -0.2) is 131 Å². The molecule has 18 nitrogen and oxygen atoms in total. The number of esters is 2. The third-order valence-corrected chi connectivity index (χ3v) is 18.2. The Kier molecular flexibility index (Phi) is 14.0. The first-order valence-corrected chi connectivity index (χ1v) is 26.6. The zero-order valence-electron chi connectivity index (χ0n) is 44.5. The van der Waals surface area contributed by atoms with Gasteiger partial charge in [-0.2, -0.15) is 0 Å². The lowest BCUT2D eigenvalue weighted by molar-refractivity contribution is -0.275. The molecule has 6 fully saturated rings. The molecular weight excluding hydrogens is 987 g/mol. The number of amides is 4. The summed E-state index contributed by atoms with van der Waals surface area (Å²) in [6.45, 7) is 8.83. The Labute approximate surface area is 447 Å². The number of carbonyl (C=O) groups excluding carboxylic acids is 6. The number of piperidine rings is 1. The Balaban J connectivity index is 0.924. The van der Waals surface area contributed by atoms with Gasteiger partial charge in [-0.3, -0.25) is 24.1 Å². The maximum absolute atomic E-state index is 14.8. The summed E-state index contributed by atoms with van der Waals surface area (Å²) in [7, 11) is 3.38. The van der Waals surface area contributed by atoms with E-state index in [-0.39, 0.29) is 87.4 Å². The number of nitrogens with one attached hydrogen (secondary N) is 4. The molecule has 7 bridgehead atoms. The number of carbonyl (C=O) groups is 6. The summed E-state index contributed by atoms with van der Waals surface area (Å²) in [6, 6.07) is 25.8. The van der Waals surface area contributed by atoms with Gasteiger partial charge in [0.2, 0.25) is 0 Å². The lowest BCUT2D eigenvalue weighted by Crippen LogP contribution is -2.76. The van der Waals surface area contributed by atoms with E-state index in [1.54, 1.807) is 99.1 Å². The van der Waals surface area contributed by atoms with Gasteiger partial charge in [-0.25, -0.2) is 9.59 Å². The van der Waals surface area contributed by atoms with E-state index in [2.05, 4.69) is 33.1 Å². The van der Waals surface area contributed by atoms with E-state index in [0.717, 1.165) is 0 Å². The quantitative estimate of drug-likeness (QED) is 0.0590. The van der Waals surface area contributed by atoms with Gasteiger partial charge < -0.3 is 55.5 Å². The molecule has 5 saturated carbocycles. The summed E-state index contributed by atoms with van der Waals surface area (Å²) in [5, 5.41) is 45.1. The normalized spacial score (nSPS) is 30.6. The molecular formula is C59H69N5O13. The number of aliphatic hydroxyl groups is 3. The number of likely N-dealkylation sites (tertiary alicyclic amines) is 1. The molecule has 0 aromatic heterocycles. The predicted molar refractivity (Wildman–Crippen MR) is 284 cm³/mol. The van der Waals surface area contributed by atoms with Crippen LogP contribution in [0.15, 0.2) is 97.1 Å². The molecule has 12 atom stereocenters. The van der Waals surface area contributed by atoms with E-state index in [9.17, 15) is 44.1 Å². The van der Waals surface area contributed by atoms with Crippen LogP contribution in [0.25, 0.3) is 0 Å². The van der Waals surface area contributed by atoms with Crippen molar-refractivity contribution in [3.05, 3.63) is 119 Å². The molecule has 4 aromatic rings. The van der Waals surface area contributed by atoms with E-state index >= 15 is 0 Å². The highest BCUT2D eigenvalue weighted by atomic mass is 16.6. The zero-order valence-corrected chi connectivity index (χ0v) is 44.5. The largest absolute Gasteiger partial charge is 0.461 e. The highest BCUT2D eigenvalue weighted by Gasteiger charge is 2.84. The Hall–Kier alpha value is -6.54. The fourth-order valence-corrected chi connectivity index (χ4v) is 15.0. The van der Waals surface area contributed by atoms with Crippen molar-refractivity contribution in [1.29, 1.82) is 0 Å². The lowest BCUT2D eigenvalue weighted by atomic mass is 9.43. The van der Waals surface area contributed by atoms with Crippen molar-refractivity contribution in [3.63, 3.8) is 0 Å². The van der Waals surface area contributed by atoms with Crippen LogP contribution >= 0.6 is 0 Å². The Morgan fingerprint density at radius 3 is 1.65 bits per heavy atom. The van der Waals surface area contributed by atoms with Gasteiger partial charge in [0.25, 0.3) is 23.6 Å². The topological polar surface area (TPSA) is 251 Å². The van der Waals surface area contributed by atoms with Gasteiger partial charge in [0.15, 0.2) is 0 Å². The minimum atomic E-state index is -1.71. The SMILES string of the molecule is CCN1C[C@]2(COC(=O)c3ccccc3NC(=O)c3ccccc3NC(=O)C(C)(C)O)CC[C@H](OC)C34C1C(C[C@@H]32)[C@@]1(O)C[C@H](OC)C2C[C@@H]4[C@@H]1[C@H]2OC(=O)c1ccccc1NC(=O)c1ccccc1NC(=O)C(C)(C)O. The first kappa shape index (κ1) is 53.8. The number of para-hydroxylation sites is 4. The summed E-state index contributed by atoms with van der Waals surface area (Å²) in [4.78, 5) is 84.9. The van der Waals surface area contributed by atoms with Gasteiger partial charge in [-0.15, -0.1) is 0 Å². The minimum Gasteiger partial charge on any atom is -0.461 e. The fraction of sp³-hybridized carbons (Fsp3) is 0.492. The molecule has 1 saturated heterocycles. The van der Waals surface area contributed by atoms with Crippen molar-refractivity contribution < 1.29 is 63.0 Å². The van der Waals surface area contributed by atoms with Crippen LogP contribution in [0.3, 0.4) is 0 Å². The third kappa shape index (κ3) is 9.00. The number of fused-ring (bicyclic) bond motifs is 2. The van der Waals surface area contributed by atoms with Gasteiger partial charge in [0.1, 0.15) is 17.3 Å². The smallest absolute Gasteiger partial charge is 0.340 e. The maximum atomic E-state index is 14.8. The molecule has 1 spiro atoms. The standard InChI is InChI=1S/C59H69N5O13/c1-8-64-30-57(31-76-51(67)34-19-11-15-23-41(34)60-49(65)32-17-9-13-21-39(32)62-53(69)55(2,3)71)26-25-45(75-7)59-37-27-36-43(74-6)29-58(73,38(48(59)64)28-44(57)59)46(37)47(36)77-52(68)35-20-12-16-24-42(35)61-50(66)33-18-10-14-22-40(33)63-54(70)56(4,5)72/h9-24,36-38,43-48,71-73H,8,25-31H2,1-7H3,(H,60,65)(H,61,66)(H,62,69)(H,63,70)/t36?,37-,38?,43+,44-,45+,46-,47+,48?,57+,58+,59?/m1/s1. The summed E-state index contributed by atoms with van der Waals surface area (Å²) in [5.41, 5.74) is -4.64. The summed E-state index contributed by atoms with van der Waals surface area (Å²) in [5.74, 6) is -5.25. The molecule has 4 aromatic carbocycles. The number of hydrogen-bond acceptors (Lipinski definition) is 14. The number of benzene rings is 4. The molecule has 408 valence electrons. The van der Waals surface area contributed by atoms with Crippen LogP contribution in [0.1, 0.15) is 108 Å². The van der Waals surface area contributed by atoms with Crippen LogP contribution in [0.5, 0.6) is 0 Å². The average molecular weight is 1060 g/mol. The molecule has 7 N–H and O–H groups in total. The highest BCUT2D eigenvalue weighted by molar-refractivity contribution is 6.14. The Morgan fingerprint density at radius 1 is 0.662 bits per heavy atom. The second kappa shape index (κ2) is 20.0. The van der Waals surface area contributed by atoms with Crippen LogP contribution in [0, 0.1) is 40.4 Å². The number of ether oxygens (including phenoxy) is 4. The van der Waals surface area contributed by atoms with E-state index in [1.807, 2.05) is 0 Å². The molecule has 10 rings (SSSR count). The van der Waals surface area contributed by atoms with Crippen LogP contribution in [-0.2, 0) is 28.5 Å². The number of rotatable bonds is 16. The van der Waals surface area contributed by atoms with Crippen molar-refractivity contribution in [2.24, 2.45) is 40.4 Å². The van der Waals surface area contributed by atoms with Crippen LogP contribution in [0.2, 0.25) is 0 Å². The summed E-state index contributed by atoms with van der Waals surface area (Å²) < 4.78 is 26.0. The van der Waals surface area contributed by atoms with E-state index in [0.29, 0.717) is 45.2 Å². The molecule has 1 aliphatic heterocycles. The number of nitrogens with zero attached hydrogens (tertiary/aromatic N) is 1. The molecule has 0 radical (unpaired) electrons. The molecule has 4 amide bonds. The molecule has 6 aliphatic rings. The summed E-state index contributed by atoms with van der Waals surface area (Å²) in [6.07, 6.45) is 1.46. The average Bonchev–Trinajstić information content (AvgIpc) is 3.97. The second-order valence-electron chi connectivity index (χ2n) is 23.1. The Morgan fingerprint density at radius 2 is 1.16 bits per heavy atom. The van der Waals surface area contributed by atoms with Crippen molar-refractivity contribution in [3.8, 4) is 0 Å². The van der Waals surface area contributed by atoms with E-state index < -0.39 is 81.3 Å². The van der Waals surface area contributed by atoms with Crippen molar-refractivity contribution in [1.82, 2.24) is 4.90 Å². The zero-order chi connectivity index (χ0) is 55.0. The monoisotopic (exact) mass is 1060 g/mol. The minimum absolute atomic E-state index is 0.0624. The molecule has 18 heteroatoms.